The second kappa shape index (κ2) is 5.37. The highest BCUT2D eigenvalue weighted by Crippen LogP contribution is 2.22. The van der Waals surface area contributed by atoms with Gasteiger partial charge in [-0.1, -0.05) is 6.92 Å². The average molecular weight is 247 g/mol. The van der Waals surface area contributed by atoms with Crippen molar-refractivity contribution in [3.05, 3.63) is 0 Å². The summed E-state index contributed by atoms with van der Waals surface area (Å²) in [6.45, 7) is 11.9. The maximum absolute atomic E-state index is 12.2. The molecule has 1 atom stereocenters. The number of halogens is 1. The van der Waals surface area contributed by atoms with Crippen LogP contribution in [0.2, 0.25) is 0 Å². The van der Waals surface area contributed by atoms with Crippen molar-refractivity contribution in [2.75, 3.05) is 32.1 Å². The molecule has 0 spiro atoms. The molecule has 94 valence electrons. The van der Waals surface area contributed by atoms with Crippen molar-refractivity contribution in [2.45, 2.75) is 33.7 Å². The summed E-state index contributed by atoms with van der Waals surface area (Å²) in [5, 5.41) is 0. The van der Waals surface area contributed by atoms with Crippen molar-refractivity contribution < 1.29 is 4.79 Å². The molecule has 16 heavy (non-hydrogen) atoms. The molecule has 0 saturated carbocycles. The molecular weight excluding hydrogens is 224 g/mol. The van der Waals surface area contributed by atoms with E-state index in [-0.39, 0.29) is 5.91 Å². The summed E-state index contributed by atoms with van der Waals surface area (Å²) in [5.74, 6) is 0.568. The Morgan fingerprint density at radius 1 is 1.44 bits per heavy atom. The summed E-state index contributed by atoms with van der Waals surface area (Å²) >= 11 is 5.84. The van der Waals surface area contributed by atoms with Crippen LogP contribution in [-0.2, 0) is 4.79 Å². The molecule has 1 aliphatic rings. The standard InChI is InChI=1S/C12H23ClN2O/c1-5-14-6-7-15(8-10(14)2)11(16)12(3,4)9-13/h10H,5-9H2,1-4H3. The van der Waals surface area contributed by atoms with Crippen molar-refractivity contribution in [3.8, 4) is 0 Å². The van der Waals surface area contributed by atoms with E-state index in [0.29, 0.717) is 11.9 Å². The quantitative estimate of drug-likeness (QED) is 0.709. The van der Waals surface area contributed by atoms with E-state index in [0.717, 1.165) is 26.2 Å². The predicted molar refractivity (Wildman–Crippen MR) is 67.8 cm³/mol. The summed E-state index contributed by atoms with van der Waals surface area (Å²) in [6, 6.07) is 0.453. The van der Waals surface area contributed by atoms with Crippen molar-refractivity contribution in [2.24, 2.45) is 5.41 Å². The Morgan fingerprint density at radius 3 is 2.50 bits per heavy atom. The summed E-state index contributed by atoms with van der Waals surface area (Å²) in [4.78, 5) is 16.6. The minimum absolute atomic E-state index is 0.185. The number of rotatable bonds is 3. The highest BCUT2D eigenvalue weighted by molar-refractivity contribution is 6.19. The second-order valence-electron chi connectivity index (χ2n) is 5.25. The van der Waals surface area contributed by atoms with Crippen LogP contribution in [0.3, 0.4) is 0 Å². The minimum atomic E-state index is -0.435. The van der Waals surface area contributed by atoms with Gasteiger partial charge in [0.25, 0.3) is 0 Å². The molecule has 0 N–H and O–H groups in total. The molecule has 1 saturated heterocycles. The third kappa shape index (κ3) is 2.89. The highest BCUT2D eigenvalue weighted by Gasteiger charge is 2.34. The lowest BCUT2D eigenvalue weighted by Crippen LogP contribution is -2.56. The smallest absolute Gasteiger partial charge is 0.229 e. The number of nitrogens with zero attached hydrogens (tertiary/aromatic N) is 2. The molecule has 0 bridgehead atoms. The fourth-order valence-corrected chi connectivity index (χ4v) is 2.25. The Hall–Kier alpha value is -0.280. The van der Waals surface area contributed by atoms with Crippen LogP contribution in [0.25, 0.3) is 0 Å². The number of carbonyl (C=O) groups is 1. The fourth-order valence-electron chi connectivity index (χ4n) is 2.13. The predicted octanol–water partition coefficient (Wildman–Crippen LogP) is 1.80. The summed E-state index contributed by atoms with van der Waals surface area (Å²) < 4.78 is 0. The first-order chi connectivity index (χ1) is 7.42. The minimum Gasteiger partial charge on any atom is -0.339 e. The SMILES string of the molecule is CCN1CCN(C(=O)C(C)(C)CCl)CC1C. The van der Waals surface area contributed by atoms with Crippen molar-refractivity contribution in [3.63, 3.8) is 0 Å². The summed E-state index contributed by atoms with van der Waals surface area (Å²) in [5.41, 5.74) is -0.435. The van der Waals surface area contributed by atoms with Crippen LogP contribution in [0.1, 0.15) is 27.7 Å². The molecule has 0 aliphatic carbocycles. The molecule has 0 radical (unpaired) electrons. The molecule has 4 heteroatoms. The van der Waals surface area contributed by atoms with Crippen LogP contribution in [-0.4, -0.2) is 53.8 Å². The van der Waals surface area contributed by atoms with E-state index < -0.39 is 5.41 Å². The molecule has 1 fully saturated rings. The van der Waals surface area contributed by atoms with Crippen LogP contribution in [0.5, 0.6) is 0 Å². The van der Waals surface area contributed by atoms with Gasteiger partial charge in [0.15, 0.2) is 0 Å². The molecule has 0 aromatic carbocycles. The van der Waals surface area contributed by atoms with Gasteiger partial charge in [-0.25, -0.2) is 0 Å². The van der Waals surface area contributed by atoms with Crippen molar-refractivity contribution >= 4 is 17.5 Å². The summed E-state index contributed by atoms with van der Waals surface area (Å²) in [6.07, 6.45) is 0. The Morgan fingerprint density at radius 2 is 2.06 bits per heavy atom. The van der Waals surface area contributed by atoms with Gasteiger partial charge in [0.1, 0.15) is 0 Å². The van der Waals surface area contributed by atoms with Gasteiger partial charge in [-0.15, -0.1) is 11.6 Å². The van der Waals surface area contributed by atoms with Gasteiger partial charge < -0.3 is 4.90 Å². The van der Waals surface area contributed by atoms with Gasteiger partial charge in [-0.2, -0.15) is 0 Å². The van der Waals surface area contributed by atoms with Gasteiger partial charge in [-0.05, 0) is 27.3 Å². The maximum atomic E-state index is 12.2. The van der Waals surface area contributed by atoms with E-state index >= 15 is 0 Å². The van der Waals surface area contributed by atoms with Crippen LogP contribution in [0.4, 0.5) is 0 Å². The second-order valence-corrected chi connectivity index (χ2v) is 5.51. The number of likely N-dealkylation sites (N-methyl/N-ethyl adjacent to an activating group) is 1. The van der Waals surface area contributed by atoms with E-state index in [1.54, 1.807) is 0 Å². The molecule has 1 heterocycles. The average Bonchev–Trinajstić information content (AvgIpc) is 2.27. The number of hydrogen-bond donors (Lipinski definition) is 0. The lowest BCUT2D eigenvalue weighted by molar-refractivity contribution is -0.142. The largest absolute Gasteiger partial charge is 0.339 e. The number of amides is 1. The first kappa shape index (κ1) is 13.8. The molecule has 3 nitrogen and oxygen atoms in total. The van der Waals surface area contributed by atoms with E-state index in [1.165, 1.54) is 0 Å². The molecule has 0 aromatic heterocycles. The topological polar surface area (TPSA) is 23.6 Å². The van der Waals surface area contributed by atoms with Crippen LogP contribution in [0.15, 0.2) is 0 Å². The zero-order valence-corrected chi connectivity index (χ0v) is 11.5. The van der Waals surface area contributed by atoms with Crippen molar-refractivity contribution in [1.82, 2.24) is 9.80 Å². The zero-order valence-electron chi connectivity index (χ0n) is 10.8. The Kier molecular flexibility index (Phi) is 4.62. The first-order valence-corrected chi connectivity index (χ1v) is 6.55. The molecule has 1 aliphatic heterocycles. The Bertz CT molecular complexity index is 255. The normalized spacial score (nSPS) is 23.6. The van der Waals surface area contributed by atoms with E-state index in [4.69, 9.17) is 11.6 Å². The lowest BCUT2D eigenvalue weighted by Gasteiger charge is -2.41. The van der Waals surface area contributed by atoms with Gasteiger partial charge in [-0.3, -0.25) is 9.69 Å². The van der Waals surface area contributed by atoms with E-state index in [2.05, 4.69) is 18.7 Å². The van der Waals surface area contributed by atoms with Gasteiger partial charge >= 0.3 is 0 Å². The first-order valence-electron chi connectivity index (χ1n) is 6.01. The molecule has 0 aromatic rings. The van der Waals surface area contributed by atoms with Crippen LogP contribution >= 0.6 is 11.6 Å². The fraction of sp³-hybridized carbons (Fsp3) is 0.917. The van der Waals surface area contributed by atoms with Gasteiger partial charge in [0.2, 0.25) is 5.91 Å². The van der Waals surface area contributed by atoms with Crippen molar-refractivity contribution in [1.29, 1.82) is 0 Å². The molecule has 1 amide bonds. The number of hydrogen-bond acceptors (Lipinski definition) is 2. The molecule has 1 rings (SSSR count). The number of piperazine rings is 1. The van der Waals surface area contributed by atoms with Crippen LogP contribution < -0.4 is 0 Å². The van der Waals surface area contributed by atoms with Gasteiger partial charge in [0.05, 0.1) is 5.41 Å². The number of carbonyl (C=O) groups excluding carboxylic acids is 1. The Labute approximate surface area is 104 Å². The third-order valence-corrected chi connectivity index (χ3v) is 4.04. The molecular formula is C12H23ClN2O. The lowest BCUT2D eigenvalue weighted by atomic mass is 9.93. The highest BCUT2D eigenvalue weighted by atomic mass is 35.5. The number of alkyl halides is 1. The Balaban J connectivity index is 2.61. The summed E-state index contributed by atoms with van der Waals surface area (Å²) in [7, 11) is 0. The monoisotopic (exact) mass is 246 g/mol. The van der Waals surface area contributed by atoms with E-state index in [9.17, 15) is 4.79 Å². The van der Waals surface area contributed by atoms with E-state index in [1.807, 2.05) is 18.7 Å². The maximum Gasteiger partial charge on any atom is 0.229 e. The molecule has 1 unspecified atom stereocenters. The third-order valence-electron chi connectivity index (χ3n) is 3.37. The zero-order chi connectivity index (χ0) is 12.3. The van der Waals surface area contributed by atoms with Gasteiger partial charge in [0, 0.05) is 31.6 Å². The van der Waals surface area contributed by atoms with Crippen LogP contribution in [0, 0.1) is 5.41 Å².